The van der Waals surface area contributed by atoms with Gasteiger partial charge in [0.15, 0.2) is 6.10 Å². The maximum absolute atomic E-state index is 12.9. The van der Waals surface area contributed by atoms with Crippen molar-refractivity contribution in [2.45, 2.75) is 19.4 Å². The maximum atomic E-state index is 12.9. The molecule has 3 rings (SSSR count). The highest BCUT2D eigenvalue weighted by atomic mass is 35.5. The summed E-state index contributed by atoms with van der Waals surface area (Å²) in [6, 6.07) is 15.2. The van der Waals surface area contributed by atoms with Crippen molar-refractivity contribution in [2.75, 3.05) is 38.2 Å². The van der Waals surface area contributed by atoms with Crippen molar-refractivity contribution in [3.05, 3.63) is 53.6 Å². The molecule has 1 atom stereocenters. The Balaban J connectivity index is 1.62. The van der Waals surface area contributed by atoms with Gasteiger partial charge in [-0.3, -0.25) is 4.79 Å². The number of ether oxygens (including phenoxy) is 2. The van der Waals surface area contributed by atoms with E-state index < -0.39 is 6.10 Å². The number of nitrogens with zero attached hydrogens (tertiary/aromatic N) is 2. The van der Waals surface area contributed by atoms with Gasteiger partial charge in [-0.05, 0) is 30.7 Å². The molecule has 1 heterocycles. The van der Waals surface area contributed by atoms with Gasteiger partial charge >= 0.3 is 0 Å². The average molecular weight is 389 g/mol. The molecule has 144 valence electrons. The van der Waals surface area contributed by atoms with E-state index in [1.165, 1.54) is 0 Å². The van der Waals surface area contributed by atoms with Gasteiger partial charge in [-0.1, -0.05) is 42.8 Å². The molecule has 2 aromatic rings. The van der Waals surface area contributed by atoms with Crippen molar-refractivity contribution < 1.29 is 14.3 Å². The third-order valence-corrected chi connectivity index (χ3v) is 5.08. The van der Waals surface area contributed by atoms with Crippen LogP contribution in [0, 0.1) is 0 Å². The molecule has 2 aromatic carbocycles. The van der Waals surface area contributed by atoms with Crippen LogP contribution in [0.3, 0.4) is 0 Å². The minimum absolute atomic E-state index is 0.0112. The Hall–Kier alpha value is -2.40. The highest BCUT2D eigenvalue weighted by molar-refractivity contribution is 6.32. The van der Waals surface area contributed by atoms with Crippen LogP contribution in [0.5, 0.6) is 11.5 Å². The van der Waals surface area contributed by atoms with Crippen LogP contribution in [0.2, 0.25) is 5.02 Å². The van der Waals surface area contributed by atoms with Gasteiger partial charge < -0.3 is 19.3 Å². The SMILES string of the molecule is CC[C@H](Oc1ccccc1Cl)C(=O)N1CCN(c2ccccc2OC)CC1. The molecular formula is C21H25ClN2O3. The molecule has 6 heteroatoms. The van der Waals surface area contributed by atoms with E-state index in [9.17, 15) is 4.79 Å². The first kappa shape index (κ1) is 19.4. The molecule has 0 radical (unpaired) electrons. The molecule has 1 fully saturated rings. The number of anilines is 1. The Kier molecular flexibility index (Phi) is 6.45. The second-order valence-corrected chi connectivity index (χ2v) is 6.84. The molecule has 1 saturated heterocycles. The summed E-state index contributed by atoms with van der Waals surface area (Å²) in [5.41, 5.74) is 1.06. The quantitative estimate of drug-likeness (QED) is 0.753. The monoisotopic (exact) mass is 388 g/mol. The summed E-state index contributed by atoms with van der Waals surface area (Å²) in [5, 5.41) is 0.518. The molecule has 1 amide bonds. The molecule has 0 aliphatic carbocycles. The van der Waals surface area contributed by atoms with Crippen LogP contribution in [0.4, 0.5) is 5.69 Å². The van der Waals surface area contributed by atoms with E-state index in [0.29, 0.717) is 30.3 Å². The minimum Gasteiger partial charge on any atom is -0.495 e. The number of para-hydroxylation sites is 3. The minimum atomic E-state index is -0.525. The van der Waals surface area contributed by atoms with E-state index in [4.69, 9.17) is 21.1 Å². The van der Waals surface area contributed by atoms with Crippen molar-refractivity contribution in [3.8, 4) is 11.5 Å². The first-order valence-electron chi connectivity index (χ1n) is 9.22. The van der Waals surface area contributed by atoms with Gasteiger partial charge in [0.25, 0.3) is 5.91 Å². The number of carbonyl (C=O) groups excluding carboxylic acids is 1. The van der Waals surface area contributed by atoms with Gasteiger partial charge in [0.05, 0.1) is 17.8 Å². The normalized spacial score (nSPS) is 15.4. The number of benzene rings is 2. The Labute approximate surface area is 165 Å². The Morgan fingerprint density at radius 3 is 2.30 bits per heavy atom. The summed E-state index contributed by atoms with van der Waals surface area (Å²) in [6.07, 6.45) is 0.0688. The fourth-order valence-corrected chi connectivity index (χ4v) is 3.44. The van der Waals surface area contributed by atoms with Crippen LogP contribution in [-0.2, 0) is 4.79 Å². The third-order valence-electron chi connectivity index (χ3n) is 4.77. The summed E-state index contributed by atoms with van der Waals surface area (Å²) >= 11 is 6.16. The van der Waals surface area contributed by atoms with E-state index in [1.54, 1.807) is 19.2 Å². The predicted octanol–water partition coefficient (Wildman–Crippen LogP) is 3.85. The number of piperazine rings is 1. The molecule has 5 nitrogen and oxygen atoms in total. The lowest BCUT2D eigenvalue weighted by Gasteiger charge is -2.37. The summed E-state index contributed by atoms with van der Waals surface area (Å²) in [4.78, 5) is 17.0. The molecule has 0 aromatic heterocycles. The molecule has 0 unspecified atom stereocenters. The second-order valence-electron chi connectivity index (χ2n) is 6.43. The average Bonchev–Trinajstić information content (AvgIpc) is 2.73. The van der Waals surface area contributed by atoms with Crippen LogP contribution in [0.1, 0.15) is 13.3 Å². The van der Waals surface area contributed by atoms with Gasteiger partial charge in [0.1, 0.15) is 11.5 Å². The lowest BCUT2D eigenvalue weighted by Crippen LogP contribution is -2.52. The second kappa shape index (κ2) is 9.00. The summed E-state index contributed by atoms with van der Waals surface area (Å²) in [7, 11) is 1.68. The number of amides is 1. The number of carbonyl (C=O) groups is 1. The fraction of sp³-hybridized carbons (Fsp3) is 0.381. The topological polar surface area (TPSA) is 42.0 Å². The van der Waals surface area contributed by atoms with Crippen LogP contribution in [0.25, 0.3) is 0 Å². The Morgan fingerprint density at radius 1 is 1.04 bits per heavy atom. The molecule has 0 N–H and O–H groups in total. The third kappa shape index (κ3) is 4.48. The highest BCUT2D eigenvalue weighted by Crippen LogP contribution is 2.29. The van der Waals surface area contributed by atoms with E-state index >= 15 is 0 Å². The lowest BCUT2D eigenvalue weighted by atomic mass is 10.2. The highest BCUT2D eigenvalue weighted by Gasteiger charge is 2.29. The standard InChI is InChI=1S/C21H25ClN2O3/c1-3-18(27-19-10-6-4-8-16(19)22)21(25)24-14-12-23(13-15-24)17-9-5-7-11-20(17)26-2/h4-11,18H,3,12-15H2,1-2H3/t18-/m0/s1. The number of halogens is 1. The van der Waals surface area contributed by atoms with E-state index in [0.717, 1.165) is 24.5 Å². The van der Waals surface area contributed by atoms with Crippen LogP contribution < -0.4 is 14.4 Å². The van der Waals surface area contributed by atoms with E-state index in [-0.39, 0.29) is 5.91 Å². The predicted molar refractivity (Wildman–Crippen MR) is 108 cm³/mol. The van der Waals surface area contributed by atoms with Gasteiger partial charge in [0.2, 0.25) is 0 Å². The number of methoxy groups -OCH3 is 1. The molecular weight excluding hydrogens is 364 g/mol. The molecule has 1 aliphatic heterocycles. The first-order valence-corrected chi connectivity index (χ1v) is 9.59. The molecule has 0 spiro atoms. The first-order chi connectivity index (χ1) is 13.1. The van der Waals surface area contributed by atoms with Crippen molar-refractivity contribution in [1.29, 1.82) is 0 Å². The Bertz CT molecular complexity index is 776. The lowest BCUT2D eigenvalue weighted by molar-refractivity contribution is -0.139. The van der Waals surface area contributed by atoms with Gasteiger partial charge in [-0.2, -0.15) is 0 Å². The fourth-order valence-electron chi connectivity index (χ4n) is 3.26. The molecule has 0 bridgehead atoms. The molecule has 27 heavy (non-hydrogen) atoms. The van der Waals surface area contributed by atoms with Crippen molar-refractivity contribution >= 4 is 23.2 Å². The van der Waals surface area contributed by atoms with Crippen molar-refractivity contribution in [3.63, 3.8) is 0 Å². The largest absolute Gasteiger partial charge is 0.495 e. The Morgan fingerprint density at radius 2 is 1.67 bits per heavy atom. The van der Waals surface area contributed by atoms with Crippen molar-refractivity contribution in [1.82, 2.24) is 4.90 Å². The molecule has 0 saturated carbocycles. The van der Waals surface area contributed by atoms with Crippen LogP contribution in [0.15, 0.2) is 48.5 Å². The van der Waals surface area contributed by atoms with E-state index in [2.05, 4.69) is 4.90 Å². The summed E-state index contributed by atoms with van der Waals surface area (Å²) in [6.45, 7) is 4.77. The maximum Gasteiger partial charge on any atom is 0.263 e. The smallest absolute Gasteiger partial charge is 0.263 e. The van der Waals surface area contributed by atoms with Gasteiger partial charge in [-0.25, -0.2) is 0 Å². The van der Waals surface area contributed by atoms with Crippen molar-refractivity contribution in [2.24, 2.45) is 0 Å². The summed E-state index contributed by atoms with van der Waals surface area (Å²) < 4.78 is 11.4. The van der Waals surface area contributed by atoms with Crippen LogP contribution in [-0.4, -0.2) is 50.2 Å². The zero-order chi connectivity index (χ0) is 19.2. The van der Waals surface area contributed by atoms with Gasteiger partial charge in [0, 0.05) is 26.2 Å². The summed E-state index contributed by atoms with van der Waals surface area (Å²) in [5.74, 6) is 1.41. The number of rotatable bonds is 6. The van der Waals surface area contributed by atoms with Gasteiger partial charge in [-0.15, -0.1) is 0 Å². The zero-order valence-corrected chi connectivity index (χ0v) is 16.5. The zero-order valence-electron chi connectivity index (χ0n) is 15.7. The molecule has 1 aliphatic rings. The number of hydrogen-bond acceptors (Lipinski definition) is 4. The van der Waals surface area contributed by atoms with Crippen LogP contribution >= 0.6 is 11.6 Å². The van der Waals surface area contributed by atoms with E-state index in [1.807, 2.05) is 48.2 Å². The number of hydrogen-bond donors (Lipinski definition) is 0.